The number of aromatic nitrogens is 1. The maximum Gasteiger partial charge on any atom is 0.360 e. The number of ether oxygens (including phenoxy) is 1. The summed E-state index contributed by atoms with van der Waals surface area (Å²) in [6.45, 7) is 2.48. The first-order chi connectivity index (χ1) is 20.5. The first-order valence-corrected chi connectivity index (χ1v) is 13.4. The number of aromatic amines is 1. The van der Waals surface area contributed by atoms with E-state index in [1.807, 2.05) is 12.1 Å². The van der Waals surface area contributed by atoms with Crippen LogP contribution >= 0.6 is 0 Å². The maximum absolute atomic E-state index is 14.0. The van der Waals surface area contributed by atoms with Gasteiger partial charge >= 0.3 is 5.97 Å². The normalized spacial score (nSPS) is 20.3. The van der Waals surface area contributed by atoms with Gasteiger partial charge in [0.25, 0.3) is 5.91 Å². The van der Waals surface area contributed by atoms with Gasteiger partial charge in [-0.2, -0.15) is 8.78 Å². The molecule has 1 aromatic heterocycles. The summed E-state index contributed by atoms with van der Waals surface area (Å²) in [4.78, 5) is 44.9. The molecule has 2 amide bonds. The Morgan fingerprint density at radius 2 is 1.65 bits per heavy atom. The minimum Gasteiger partial charge on any atom is -0.415 e. The van der Waals surface area contributed by atoms with Gasteiger partial charge in [-0.05, 0) is 54.8 Å². The zero-order chi connectivity index (χ0) is 30.3. The fourth-order valence-electron chi connectivity index (χ4n) is 6.39. The van der Waals surface area contributed by atoms with E-state index in [-0.39, 0.29) is 23.4 Å². The molecule has 1 fully saturated rings. The van der Waals surface area contributed by atoms with Crippen LogP contribution in [0.25, 0.3) is 10.9 Å². The molecular weight excluding hydrogens is 575 g/mol. The Balaban J connectivity index is 1.11. The first kappa shape index (κ1) is 26.9. The number of halogens is 5. The first-order valence-electron chi connectivity index (χ1n) is 13.4. The number of nitrogens with zero attached hydrogens (tertiary/aromatic N) is 2. The number of anilines is 1. The lowest BCUT2D eigenvalue weighted by atomic mass is 9.84. The Bertz CT molecular complexity index is 1870. The van der Waals surface area contributed by atoms with E-state index in [0.717, 1.165) is 22.2 Å². The predicted molar refractivity (Wildman–Crippen MR) is 142 cm³/mol. The zero-order valence-electron chi connectivity index (χ0n) is 22.4. The van der Waals surface area contributed by atoms with E-state index in [0.29, 0.717) is 43.0 Å². The zero-order valence-corrected chi connectivity index (χ0v) is 22.4. The summed E-state index contributed by atoms with van der Waals surface area (Å²) in [5.41, 5.74) is 4.03. The number of likely N-dealkylation sites (tertiary alicyclic amines) is 1. The van der Waals surface area contributed by atoms with Crippen LogP contribution in [0.2, 0.25) is 0 Å². The summed E-state index contributed by atoms with van der Waals surface area (Å²) >= 11 is 0. The fourth-order valence-corrected chi connectivity index (χ4v) is 6.39. The monoisotopic (exact) mass is 596 g/mol. The third-order valence-electron chi connectivity index (χ3n) is 8.41. The summed E-state index contributed by atoms with van der Waals surface area (Å²) in [7, 11) is 0. The third kappa shape index (κ3) is 3.97. The topological polar surface area (TPSA) is 94.7 Å². The van der Waals surface area contributed by atoms with Crippen LogP contribution in [-0.4, -0.2) is 40.8 Å². The Morgan fingerprint density at radius 1 is 0.930 bits per heavy atom. The van der Waals surface area contributed by atoms with Crippen molar-refractivity contribution in [1.82, 2.24) is 15.2 Å². The van der Waals surface area contributed by atoms with E-state index in [9.17, 15) is 36.3 Å². The Labute approximate surface area is 240 Å². The van der Waals surface area contributed by atoms with Crippen LogP contribution in [0.3, 0.4) is 0 Å². The van der Waals surface area contributed by atoms with E-state index in [1.165, 1.54) is 13.0 Å². The smallest absolute Gasteiger partial charge is 0.360 e. The van der Waals surface area contributed by atoms with Crippen LogP contribution in [-0.2, 0) is 16.0 Å². The molecule has 3 aliphatic heterocycles. The molecule has 1 aliphatic carbocycles. The highest BCUT2D eigenvalue weighted by Gasteiger charge is 2.43. The molecule has 4 heterocycles. The van der Waals surface area contributed by atoms with Crippen LogP contribution < -0.4 is 15.0 Å². The maximum atomic E-state index is 14.0. The Kier molecular flexibility index (Phi) is 5.98. The standard InChI is InChI=1S/C30H21F5N4O4/c1-12(40)38-8-6-13-15-10-19(36-17(15)2-4-21(13)38)29(41)39-9-7-14-16-11-20(37-18(16)3-5-22(14)39)30(42)43-28-26(34)24(32)23(31)25(33)27(28)35/h2-5,10-11,14,16,36-37H,6-9H2,1H3. The number of amides is 2. The van der Waals surface area contributed by atoms with Gasteiger partial charge in [-0.1, -0.05) is 0 Å². The number of benzene rings is 2. The number of H-pyrrole nitrogens is 1. The molecular formula is C30H21F5N4O4. The average Bonchev–Trinajstić information content (AvgIpc) is 3.78. The van der Waals surface area contributed by atoms with Gasteiger partial charge in [-0.15, -0.1) is 0 Å². The SMILES string of the molecule is CC(=O)N1CCc2c1ccc1[nH]c(C(=O)N3CCC4C3=CC=C3NC(C(=O)Oc5c(F)c(F)c(F)c(F)c5F)=CC34)cc21. The van der Waals surface area contributed by atoms with Gasteiger partial charge in [0.2, 0.25) is 40.7 Å². The van der Waals surface area contributed by atoms with Crippen LogP contribution in [0.4, 0.5) is 27.6 Å². The number of nitrogens with one attached hydrogen (secondary N) is 2. The Hall–Kier alpha value is -4.94. The van der Waals surface area contributed by atoms with E-state index in [2.05, 4.69) is 15.0 Å². The van der Waals surface area contributed by atoms with Crippen LogP contribution in [0.1, 0.15) is 29.4 Å². The molecule has 0 bridgehead atoms. The molecule has 2 aromatic carbocycles. The van der Waals surface area contributed by atoms with Crippen molar-refractivity contribution in [3.8, 4) is 5.75 Å². The lowest BCUT2D eigenvalue weighted by molar-refractivity contribution is -0.131. The quantitative estimate of drug-likeness (QED) is 0.150. The minimum atomic E-state index is -2.36. The average molecular weight is 597 g/mol. The highest BCUT2D eigenvalue weighted by atomic mass is 19.2. The lowest BCUT2D eigenvalue weighted by Crippen LogP contribution is -2.30. The number of carbonyl (C=O) groups is 3. The van der Waals surface area contributed by atoms with Gasteiger partial charge in [0.05, 0.1) is 0 Å². The number of carbonyl (C=O) groups excluding carboxylic acids is 3. The van der Waals surface area contributed by atoms with Crippen molar-refractivity contribution < 1.29 is 41.1 Å². The summed E-state index contributed by atoms with van der Waals surface area (Å²) < 4.78 is 73.2. The van der Waals surface area contributed by atoms with E-state index >= 15 is 0 Å². The number of allylic oxidation sites excluding steroid dienone is 4. The molecule has 2 unspecified atom stereocenters. The fraction of sp³-hybridized carbons (Fsp3) is 0.233. The number of rotatable bonds is 3. The van der Waals surface area contributed by atoms with E-state index in [4.69, 9.17) is 0 Å². The summed E-state index contributed by atoms with van der Waals surface area (Å²) in [5, 5.41) is 3.67. The molecule has 4 aliphatic rings. The third-order valence-corrected chi connectivity index (χ3v) is 8.41. The van der Waals surface area contributed by atoms with Crippen molar-refractivity contribution in [3.63, 3.8) is 0 Å². The summed E-state index contributed by atoms with van der Waals surface area (Å²) in [6.07, 6.45) is 6.08. The largest absolute Gasteiger partial charge is 0.415 e. The molecule has 0 radical (unpaired) electrons. The number of fused-ring (bicyclic) bond motifs is 6. The molecule has 7 rings (SSSR count). The van der Waals surface area contributed by atoms with Gasteiger partial charge in [0.15, 0.2) is 0 Å². The number of hydrogen-bond donors (Lipinski definition) is 2. The van der Waals surface area contributed by atoms with Crippen molar-refractivity contribution in [2.45, 2.75) is 19.8 Å². The second kappa shape index (κ2) is 9.54. The summed E-state index contributed by atoms with van der Waals surface area (Å²) in [5.74, 6) is -15.3. The van der Waals surface area contributed by atoms with Gasteiger partial charge in [-0.25, -0.2) is 18.0 Å². The molecule has 8 nitrogen and oxygen atoms in total. The van der Waals surface area contributed by atoms with Crippen molar-refractivity contribution in [2.24, 2.45) is 11.8 Å². The highest BCUT2D eigenvalue weighted by Crippen LogP contribution is 2.44. The molecule has 2 atom stereocenters. The second-order valence-electron chi connectivity index (χ2n) is 10.7. The second-order valence-corrected chi connectivity index (χ2v) is 10.7. The molecule has 2 N–H and O–H groups in total. The van der Waals surface area contributed by atoms with E-state index in [1.54, 1.807) is 28.0 Å². The lowest BCUT2D eigenvalue weighted by Gasteiger charge is -2.26. The molecule has 1 saturated heterocycles. The highest BCUT2D eigenvalue weighted by molar-refractivity contribution is 6.03. The molecule has 13 heteroatoms. The van der Waals surface area contributed by atoms with Gasteiger partial charge < -0.3 is 24.8 Å². The molecule has 0 spiro atoms. The van der Waals surface area contributed by atoms with Crippen molar-refractivity contribution in [1.29, 1.82) is 0 Å². The van der Waals surface area contributed by atoms with Gasteiger partial charge in [-0.3, -0.25) is 9.59 Å². The van der Waals surface area contributed by atoms with Crippen LogP contribution in [0.15, 0.2) is 53.5 Å². The molecule has 43 heavy (non-hydrogen) atoms. The van der Waals surface area contributed by atoms with Crippen LogP contribution in [0.5, 0.6) is 5.75 Å². The minimum absolute atomic E-state index is 0.0471. The predicted octanol–water partition coefficient (Wildman–Crippen LogP) is 4.72. The number of hydrogen-bond acceptors (Lipinski definition) is 5. The summed E-state index contributed by atoms with van der Waals surface area (Å²) in [6, 6.07) is 5.51. The van der Waals surface area contributed by atoms with E-state index < -0.39 is 46.7 Å². The van der Waals surface area contributed by atoms with Gasteiger partial charge in [0.1, 0.15) is 11.4 Å². The molecule has 220 valence electrons. The van der Waals surface area contributed by atoms with Crippen LogP contribution in [0, 0.1) is 40.9 Å². The molecule has 0 saturated carbocycles. The van der Waals surface area contributed by atoms with Crippen molar-refractivity contribution in [2.75, 3.05) is 18.0 Å². The molecule has 3 aromatic rings. The van der Waals surface area contributed by atoms with Gasteiger partial charge in [0, 0.05) is 59.8 Å². The number of esters is 1. The van der Waals surface area contributed by atoms with Crippen molar-refractivity contribution in [3.05, 3.63) is 93.9 Å². The van der Waals surface area contributed by atoms with Crippen molar-refractivity contribution >= 4 is 34.4 Å². The Morgan fingerprint density at radius 3 is 2.37 bits per heavy atom.